The van der Waals surface area contributed by atoms with Crippen molar-refractivity contribution in [3.8, 4) is 0 Å². The molecule has 17 heavy (non-hydrogen) atoms. The topological polar surface area (TPSA) is 32.9 Å². The van der Waals surface area contributed by atoms with Gasteiger partial charge >= 0.3 is 0 Å². The summed E-state index contributed by atoms with van der Waals surface area (Å²) in [6.45, 7) is 2.13. The van der Waals surface area contributed by atoms with E-state index in [1.807, 2.05) is 0 Å². The van der Waals surface area contributed by atoms with E-state index in [2.05, 4.69) is 36.3 Å². The SMILES string of the molecule is CC(CC=O)c1c[nH]c2cccc(C3CC3)c12. The molecule has 0 radical (unpaired) electrons. The molecule has 1 aromatic carbocycles. The zero-order valence-corrected chi connectivity index (χ0v) is 10.1. The van der Waals surface area contributed by atoms with Crippen LogP contribution in [-0.2, 0) is 4.79 Å². The summed E-state index contributed by atoms with van der Waals surface area (Å²) >= 11 is 0. The van der Waals surface area contributed by atoms with Crippen LogP contribution in [0.15, 0.2) is 24.4 Å². The molecule has 0 saturated heterocycles. The van der Waals surface area contributed by atoms with Crippen molar-refractivity contribution in [2.75, 3.05) is 0 Å². The number of carbonyl (C=O) groups excluding carboxylic acids is 1. The van der Waals surface area contributed by atoms with Crippen LogP contribution in [0, 0.1) is 0 Å². The lowest BCUT2D eigenvalue weighted by atomic mass is 9.94. The Morgan fingerprint density at radius 2 is 2.29 bits per heavy atom. The van der Waals surface area contributed by atoms with E-state index in [9.17, 15) is 4.79 Å². The second kappa shape index (κ2) is 4.02. The van der Waals surface area contributed by atoms with Crippen LogP contribution in [0.1, 0.15) is 49.1 Å². The zero-order chi connectivity index (χ0) is 11.8. The molecular weight excluding hydrogens is 210 g/mol. The molecule has 2 aromatic rings. The fraction of sp³-hybridized carbons (Fsp3) is 0.400. The molecule has 88 valence electrons. The van der Waals surface area contributed by atoms with Gasteiger partial charge < -0.3 is 9.78 Å². The Bertz CT molecular complexity index is 551. The summed E-state index contributed by atoms with van der Waals surface area (Å²) in [5, 5.41) is 1.37. The molecule has 1 aromatic heterocycles. The quantitative estimate of drug-likeness (QED) is 0.793. The number of aromatic amines is 1. The van der Waals surface area contributed by atoms with Crippen LogP contribution in [0.4, 0.5) is 0 Å². The number of carbonyl (C=O) groups is 1. The van der Waals surface area contributed by atoms with Crippen molar-refractivity contribution in [3.05, 3.63) is 35.5 Å². The summed E-state index contributed by atoms with van der Waals surface area (Å²) in [5.74, 6) is 1.05. The van der Waals surface area contributed by atoms with Gasteiger partial charge in [0.2, 0.25) is 0 Å². The van der Waals surface area contributed by atoms with E-state index < -0.39 is 0 Å². The maximum absolute atomic E-state index is 10.7. The third kappa shape index (κ3) is 1.78. The van der Waals surface area contributed by atoms with E-state index in [1.165, 1.54) is 34.9 Å². The third-order valence-corrected chi connectivity index (χ3v) is 3.77. The molecule has 2 heteroatoms. The fourth-order valence-corrected chi connectivity index (χ4v) is 2.63. The number of benzene rings is 1. The van der Waals surface area contributed by atoms with E-state index in [1.54, 1.807) is 0 Å². The maximum atomic E-state index is 10.7. The second-order valence-electron chi connectivity index (χ2n) is 5.09. The Hall–Kier alpha value is -1.57. The van der Waals surface area contributed by atoms with Crippen LogP contribution in [0.25, 0.3) is 10.9 Å². The number of fused-ring (bicyclic) bond motifs is 1. The van der Waals surface area contributed by atoms with Crippen molar-refractivity contribution in [3.63, 3.8) is 0 Å². The van der Waals surface area contributed by atoms with Gasteiger partial charge in [-0.3, -0.25) is 0 Å². The highest BCUT2D eigenvalue weighted by molar-refractivity contribution is 5.88. The van der Waals surface area contributed by atoms with Gasteiger partial charge in [0.25, 0.3) is 0 Å². The summed E-state index contributed by atoms with van der Waals surface area (Å²) < 4.78 is 0. The van der Waals surface area contributed by atoms with Crippen molar-refractivity contribution < 1.29 is 4.79 Å². The first-order valence-corrected chi connectivity index (χ1v) is 6.34. The van der Waals surface area contributed by atoms with E-state index >= 15 is 0 Å². The predicted octanol–water partition coefficient (Wildman–Crippen LogP) is 3.74. The molecule has 1 fully saturated rings. The Morgan fingerprint density at radius 3 is 3.00 bits per heavy atom. The monoisotopic (exact) mass is 227 g/mol. The average Bonchev–Trinajstić information content (AvgIpc) is 3.08. The van der Waals surface area contributed by atoms with Crippen LogP contribution >= 0.6 is 0 Å². The van der Waals surface area contributed by atoms with E-state index in [-0.39, 0.29) is 0 Å². The molecule has 1 N–H and O–H groups in total. The Balaban J connectivity index is 2.14. The van der Waals surface area contributed by atoms with Crippen LogP contribution in [-0.4, -0.2) is 11.3 Å². The van der Waals surface area contributed by atoms with Crippen molar-refractivity contribution in [1.29, 1.82) is 0 Å². The summed E-state index contributed by atoms with van der Waals surface area (Å²) in [6.07, 6.45) is 6.32. The summed E-state index contributed by atoms with van der Waals surface area (Å²) in [7, 11) is 0. The van der Waals surface area contributed by atoms with Gasteiger partial charge in [-0.15, -0.1) is 0 Å². The van der Waals surface area contributed by atoms with Crippen LogP contribution < -0.4 is 0 Å². The van der Waals surface area contributed by atoms with Gasteiger partial charge in [-0.2, -0.15) is 0 Å². The first-order chi connectivity index (χ1) is 8.31. The normalized spacial score (nSPS) is 17.2. The predicted molar refractivity (Wildman–Crippen MR) is 69.4 cm³/mol. The van der Waals surface area contributed by atoms with Crippen molar-refractivity contribution in [1.82, 2.24) is 4.98 Å². The highest BCUT2D eigenvalue weighted by Gasteiger charge is 2.27. The number of rotatable bonds is 4. The number of hydrogen-bond donors (Lipinski definition) is 1. The van der Waals surface area contributed by atoms with Gasteiger partial charge in [0.1, 0.15) is 6.29 Å². The van der Waals surface area contributed by atoms with Gasteiger partial charge in [-0.1, -0.05) is 19.1 Å². The molecular formula is C15H17NO. The lowest BCUT2D eigenvalue weighted by Gasteiger charge is -2.09. The minimum absolute atomic E-state index is 0.307. The highest BCUT2D eigenvalue weighted by atomic mass is 16.1. The Labute approximate surface area is 101 Å². The second-order valence-corrected chi connectivity index (χ2v) is 5.09. The minimum Gasteiger partial charge on any atom is -0.361 e. The van der Waals surface area contributed by atoms with Gasteiger partial charge in [-0.25, -0.2) is 0 Å². The van der Waals surface area contributed by atoms with E-state index in [0.29, 0.717) is 12.3 Å². The van der Waals surface area contributed by atoms with Crippen molar-refractivity contribution in [2.24, 2.45) is 0 Å². The molecule has 0 bridgehead atoms. The van der Waals surface area contributed by atoms with Crippen LogP contribution in [0.3, 0.4) is 0 Å². The molecule has 0 aliphatic heterocycles. The molecule has 1 heterocycles. The molecule has 0 spiro atoms. The minimum atomic E-state index is 0.307. The molecule has 1 aliphatic carbocycles. The number of hydrogen-bond acceptors (Lipinski definition) is 1. The molecule has 1 unspecified atom stereocenters. The number of aldehydes is 1. The number of H-pyrrole nitrogens is 1. The smallest absolute Gasteiger partial charge is 0.120 e. The van der Waals surface area contributed by atoms with Crippen LogP contribution in [0.2, 0.25) is 0 Å². The largest absolute Gasteiger partial charge is 0.361 e. The molecule has 2 nitrogen and oxygen atoms in total. The fourth-order valence-electron chi connectivity index (χ4n) is 2.63. The Morgan fingerprint density at radius 1 is 1.47 bits per heavy atom. The van der Waals surface area contributed by atoms with E-state index in [4.69, 9.17) is 0 Å². The molecule has 0 amide bonds. The summed E-state index contributed by atoms with van der Waals surface area (Å²) in [6, 6.07) is 6.49. The Kier molecular flexibility index (Phi) is 2.50. The van der Waals surface area contributed by atoms with Crippen molar-refractivity contribution in [2.45, 2.75) is 38.0 Å². The summed E-state index contributed by atoms with van der Waals surface area (Å²) in [5.41, 5.74) is 3.98. The molecule has 1 aliphatic rings. The standard InChI is InChI=1S/C15H17NO/c1-10(7-8-17)13-9-16-14-4-2-3-12(15(13)14)11-5-6-11/h2-4,8-11,16H,5-7H2,1H3. The van der Waals surface area contributed by atoms with E-state index in [0.717, 1.165) is 12.2 Å². The average molecular weight is 227 g/mol. The lowest BCUT2D eigenvalue weighted by Crippen LogP contribution is -1.94. The maximum Gasteiger partial charge on any atom is 0.120 e. The zero-order valence-electron chi connectivity index (χ0n) is 10.1. The molecule has 3 rings (SSSR count). The molecule has 1 atom stereocenters. The number of nitrogens with one attached hydrogen (secondary N) is 1. The van der Waals surface area contributed by atoms with Gasteiger partial charge in [0, 0.05) is 23.5 Å². The molecule has 1 saturated carbocycles. The summed E-state index contributed by atoms with van der Waals surface area (Å²) in [4.78, 5) is 14.0. The highest BCUT2D eigenvalue weighted by Crippen LogP contribution is 2.44. The van der Waals surface area contributed by atoms with Gasteiger partial charge in [0.05, 0.1) is 0 Å². The van der Waals surface area contributed by atoms with Gasteiger partial charge in [0.15, 0.2) is 0 Å². The lowest BCUT2D eigenvalue weighted by molar-refractivity contribution is -0.108. The van der Waals surface area contributed by atoms with Crippen molar-refractivity contribution >= 4 is 17.2 Å². The first kappa shape index (κ1) is 10.6. The number of aromatic nitrogens is 1. The van der Waals surface area contributed by atoms with Crippen LogP contribution in [0.5, 0.6) is 0 Å². The third-order valence-electron chi connectivity index (χ3n) is 3.77. The van der Waals surface area contributed by atoms with Gasteiger partial charge in [-0.05, 0) is 41.9 Å². The first-order valence-electron chi connectivity index (χ1n) is 6.34.